The van der Waals surface area contributed by atoms with Crippen molar-refractivity contribution in [2.75, 3.05) is 5.32 Å². The van der Waals surface area contributed by atoms with E-state index in [9.17, 15) is 18.0 Å². The summed E-state index contributed by atoms with van der Waals surface area (Å²) in [5, 5.41) is 2.18. The molecule has 2 aromatic rings. The molecule has 0 saturated carbocycles. The van der Waals surface area contributed by atoms with Gasteiger partial charge in [-0.3, -0.25) is 4.79 Å². The molecule has 0 radical (unpaired) electrons. The molecule has 0 aliphatic carbocycles. The Morgan fingerprint density at radius 1 is 1.24 bits per heavy atom. The second-order valence-electron chi connectivity index (χ2n) is 3.41. The highest BCUT2D eigenvalue weighted by Gasteiger charge is 2.16. The quantitative estimate of drug-likeness (QED) is 0.778. The minimum Gasteiger partial charge on any atom is -0.324 e. The van der Waals surface area contributed by atoms with Crippen LogP contribution in [0.15, 0.2) is 18.2 Å². The molecule has 0 aliphatic rings. The summed E-state index contributed by atoms with van der Waals surface area (Å²) in [6.45, 7) is 1.25. The fourth-order valence-corrected chi connectivity index (χ4v) is 1.49. The minimum atomic E-state index is -1.63. The topological polar surface area (TPSA) is 42.0 Å². The number of para-hydroxylation sites is 1. The molecule has 3 nitrogen and oxygen atoms in total. The lowest BCUT2D eigenvalue weighted by molar-refractivity contribution is -0.114. The van der Waals surface area contributed by atoms with Crippen LogP contribution in [0.1, 0.15) is 6.92 Å². The lowest BCUT2D eigenvalue weighted by atomic mass is 10.1. The molecule has 2 rings (SSSR count). The Labute approximate surface area is 94.3 Å². The van der Waals surface area contributed by atoms with Gasteiger partial charge >= 0.3 is 0 Å². The van der Waals surface area contributed by atoms with Crippen LogP contribution in [0.3, 0.4) is 0 Å². The minimum absolute atomic E-state index is 0.126. The first kappa shape index (κ1) is 11.4. The maximum Gasteiger partial charge on any atom is 0.252 e. The molecule has 1 amide bonds. The van der Waals surface area contributed by atoms with E-state index >= 15 is 0 Å². The number of halogens is 3. The second kappa shape index (κ2) is 4.04. The van der Waals surface area contributed by atoms with Gasteiger partial charge in [-0.25, -0.2) is 9.37 Å². The third-order valence-electron chi connectivity index (χ3n) is 2.17. The van der Waals surface area contributed by atoms with Crippen molar-refractivity contribution in [2.45, 2.75) is 6.92 Å². The van der Waals surface area contributed by atoms with Crippen molar-refractivity contribution in [2.24, 2.45) is 0 Å². The Morgan fingerprint density at radius 3 is 2.59 bits per heavy atom. The maximum atomic E-state index is 13.4. The van der Waals surface area contributed by atoms with E-state index < -0.39 is 23.5 Å². The average Bonchev–Trinajstić information content (AvgIpc) is 2.27. The molecule has 1 aromatic carbocycles. The smallest absolute Gasteiger partial charge is 0.252 e. The fraction of sp³-hybridized carbons (Fsp3) is 0.0909. The van der Waals surface area contributed by atoms with Gasteiger partial charge in [-0.15, -0.1) is 0 Å². The maximum absolute atomic E-state index is 13.4. The molecule has 0 atom stereocenters. The first-order valence-corrected chi connectivity index (χ1v) is 4.71. The van der Waals surface area contributed by atoms with Crippen LogP contribution in [-0.4, -0.2) is 10.9 Å². The van der Waals surface area contributed by atoms with E-state index in [0.717, 1.165) is 0 Å². The Hall–Kier alpha value is -2.11. The third-order valence-corrected chi connectivity index (χ3v) is 2.17. The monoisotopic (exact) mass is 240 g/mol. The number of fused-ring (bicyclic) bond motifs is 1. The number of anilines is 1. The summed E-state index contributed by atoms with van der Waals surface area (Å²) in [4.78, 5) is 14.2. The number of carbonyl (C=O) groups excluding carboxylic acids is 1. The molecular formula is C11H7F3N2O. The summed E-state index contributed by atoms with van der Waals surface area (Å²) in [7, 11) is 0. The van der Waals surface area contributed by atoms with Gasteiger partial charge in [0.15, 0.2) is 5.82 Å². The molecule has 0 fully saturated rings. The number of benzene rings is 1. The Kier molecular flexibility index (Phi) is 2.71. The van der Waals surface area contributed by atoms with E-state index in [4.69, 9.17) is 0 Å². The van der Waals surface area contributed by atoms with Gasteiger partial charge in [-0.05, 0) is 12.1 Å². The number of hydrogen-bond acceptors (Lipinski definition) is 2. The zero-order valence-electron chi connectivity index (χ0n) is 8.72. The first-order valence-electron chi connectivity index (χ1n) is 4.71. The molecule has 0 spiro atoms. The van der Waals surface area contributed by atoms with Crippen LogP contribution >= 0.6 is 0 Å². The molecule has 0 saturated heterocycles. The standard InChI is InChI=1S/C11H7F3N2O/c1-5(17)15-7-4-2-3-6-8(12)9(13)11(14)16-10(6)7/h2-4H,1H3,(H,15,17). The largest absolute Gasteiger partial charge is 0.324 e. The SMILES string of the molecule is CC(=O)Nc1cccc2c(F)c(F)c(F)nc12. The third kappa shape index (κ3) is 1.93. The summed E-state index contributed by atoms with van der Waals surface area (Å²) in [6.07, 6.45) is 0. The molecule has 1 N–H and O–H groups in total. The van der Waals surface area contributed by atoms with Gasteiger partial charge in [0.25, 0.3) is 5.95 Å². The number of amides is 1. The molecule has 1 aromatic heterocycles. The van der Waals surface area contributed by atoms with Crippen molar-refractivity contribution in [1.29, 1.82) is 0 Å². The summed E-state index contributed by atoms with van der Waals surface area (Å²) in [5.41, 5.74) is 0.00639. The van der Waals surface area contributed by atoms with Gasteiger partial charge in [0.2, 0.25) is 11.7 Å². The van der Waals surface area contributed by atoms with Crippen molar-refractivity contribution in [3.8, 4) is 0 Å². The van der Waals surface area contributed by atoms with Crippen LogP contribution in [0.4, 0.5) is 18.9 Å². The van der Waals surface area contributed by atoms with E-state index in [1.807, 2.05) is 0 Å². The number of pyridine rings is 1. The predicted molar refractivity (Wildman–Crippen MR) is 55.9 cm³/mol. The Morgan fingerprint density at radius 2 is 1.94 bits per heavy atom. The van der Waals surface area contributed by atoms with Gasteiger partial charge in [0.05, 0.1) is 5.69 Å². The molecule has 6 heteroatoms. The van der Waals surface area contributed by atoms with Crippen LogP contribution < -0.4 is 5.32 Å². The lowest BCUT2D eigenvalue weighted by Crippen LogP contribution is -2.08. The summed E-state index contributed by atoms with van der Waals surface area (Å²) < 4.78 is 39.4. The summed E-state index contributed by atoms with van der Waals surface area (Å²) >= 11 is 0. The second-order valence-corrected chi connectivity index (χ2v) is 3.41. The fourth-order valence-electron chi connectivity index (χ4n) is 1.49. The zero-order valence-corrected chi connectivity index (χ0v) is 8.72. The normalized spacial score (nSPS) is 10.6. The number of carbonyl (C=O) groups is 1. The van der Waals surface area contributed by atoms with Crippen molar-refractivity contribution >= 4 is 22.5 Å². The van der Waals surface area contributed by atoms with E-state index in [-0.39, 0.29) is 16.6 Å². The highest BCUT2D eigenvalue weighted by molar-refractivity contribution is 5.99. The number of nitrogens with zero attached hydrogens (tertiary/aromatic N) is 1. The van der Waals surface area contributed by atoms with Crippen LogP contribution in [0.25, 0.3) is 10.9 Å². The van der Waals surface area contributed by atoms with Crippen molar-refractivity contribution in [3.05, 3.63) is 35.8 Å². The highest BCUT2D eigenvalue weighted by Crippen LogP contribution is 2.26. The molecule has 88 valence electrons. The number of rotatable bonds is 1. The predicted octanol–water partition coefficient (Wildman–Crippen LogP) is 2.61. The molecule has 0 bridgehead atoms. The van der Waals surface area contributed by atoms with Gasteiger partial charge in [-0.2, -0.15) is 8.78 Å². The van der Waals surface area contributed by atoms with Gasteiger partial charge < -0.3 is 5.32 Å². The lowest BCUT2D eigenvalue weighted by Gasteiger charge is -2.07. The van der Waals surface area contributed by atoms with Crippen LogP contribution in [0.5, 0.6) is 0 Å². The van der Waals surface area contributed by atoms with E-state index in [1.165, 1.54) is 25.1 Å². The summed E-state index contributed by atoms with van der Waals surface area (Å²) in [5.74, 6) is -4.89. The van der Waals surface area contributed by atoms with Gasteiger partial charge in [0.1, 0.15) is 5.52 Å². The van der Waals surface area contributed by atoms with Gasteiger partial charge in [-0.1, -0.05) is 6.07 Å². The molecule has 17 heavy (non-hydrogen) atoms. The van der Waals surface area contributed by atoms with Crippen LogP contribution in [0.2, 0.25) is 0 Å². The van der Waals surface area contributed by atoms with Crippen molar-refractivity contribution in [3.63, 3.8) is 0 Å². The Bertz CT molecular complexity index is 613. The highest BCUT2D eigenvalue weighted by atomic mass is 19.2. The molecule has 0 aliphatic heterocycles. The Balaban J connectivity index is 2.76. The van der Waals surface area contributed by atoms with E-state index in [1.54, 1.807) is 0 Å². The van der Waals surface area contributed by atoms with Crippen molar-refractivity contribution < 1.29 is 18.0 Å². The van der Waals surface area contributed by atoms with Gasteiger partial charge in [0, 0.05) is 12.3 Å². The van der Waals surface area contributed by atoms with E-state index in [0.29, 0.717) is 0 Å². The molecular weight excluding hydrogens is 233 g/mol. The zero-order chi connectivity index (χ0) is 12.6. The number of hydrogen-bond donors (Lipinski definition) is 1. The van der Waals surface area contributed by atoms with E-state index in [2.05, 4.69) is 10.3 Å². The van der Waals surface area contributed by atoms with Crippen LogP contribution in [-0.2, 0) is 4.79 Å². The number of nitrogens with one attached hydrogen (secondary N) is 1. The first-order chi connectivity index (χ1) is 8.00. The summed E-state index contributed by atoms with van der Waals surface area (Å²) in [6, 6.07) is 4.09. The number of aromatic nitrogens is 1. The average molecular weight is 240 g/mol. The van der Waals surface area contributed by atoms with Crippen LogP contribution in [0, 0.1) is 17.6 Å². The molecule has 0 unspecified atom stereocenters. The molecule has 1 heterocycles. The van der Waals surface area contributed by atoms with Crippen molar-refractivity contribution in [1.82, 2.24) is 4.98 Å².